The van der Waals surface area contributed by atoms with Crippen molar-refractivity contribution in [3.63, 3.8) is 0 Å². The fourth-order valence-electron chi connectivity index (χ4n) is 2.75. The quantitative estimate of drug-likeness (QED) is 0.269. The molecule has 0 atom stereocenters. The van der Waals surface area contributed by atoms with Gasteiger partial charge >= 0.3 is 0 Å². The Morgan fingerprint density at radius 2 is 1.75 bits per heavy atom. The molecule has 24 heavy (non-hydrogen) atoms. The molecule has 136 valence electrons. The molecule has 0 unspecified atom stereocenters. The van der Waals surface area contributed by atoms with Crippen LogP contribution in [-0.2, 0) is 16.6 Å². The third kappa shape index (κ3) is 6.56. The lowest BCUT2D eigenvalue weighted by molar-refractivity contribution is 0.530. The van der Waals surface area contributed by atoms with Gasteiger partial charge in [-0.05, 0) is 37.6 Å². The summed E-state index contributed by atoms with van der Waals surface area (Å²) in [4.78, 5) is 4.60. The molecule has 1 aromatic carbocycles. The third-order valence-electron chi connectivity index (χ3n) is 4.14. The van der Waals surface area contributed by atoms with E-state index in [2.05, 4.69) is 15.0 Å². The van der Waals surface area contributed by atoms with Crippen LogP contribution in [-0.4, -0.2) is 27.5 Å². The monoisotopic (exact) mass is 466 g/mol. The van der Waals surface area contributed by atoms with E-state index >= 15 is 0 Å². The first-order chi connectivity index (χ1) is 11.0. The van der Waals surface area contributed by atoms with Crippen LogP contribution in [0.15, 0.2) is 34.2 Å². The van der Waals surface area contributed by atoms with Gasteiger partial charge in [-0.2, -0.15) is 0 Å². The van der Waals surface area contributed by atoms with Crippen molar-refractivity contribution in [1.82, 2.24) is 10.0 Å². The molecule has 4 N–H and O–H groups in total. The maximum atomic E-state index is 11.7. The van der Waals surface area contributed by atoms with E-state index in [1.807, 2.05) is 0 Å². The van der Waals surface area contributed by atoms with Gasteiger partial charge in [-0.3, -0.25) is 0 Å². The number of aliphatic imine (C=N–C) groups is 1. The van der Waals surface area contributed by atoms with Gasteiger partial charge < -0.3 is 11.1 Å². The molecule has 2 rings (SSSR count). The van der Waals surface area contributed by atoms with Gasteiger partial charge in [0.2, 0.25) is 10.0 Å². The van der Waals surface area contributed by atoms with Gasteiger partial charge in [-0.25, -0.2) is 18.1 Å². The summed E-state index contributed by atoms with van der Waals surface area (Å²) in [5, 5.41) is 3.30. The van der Waals surface area contributed by atoms with Crippen molar-refractivity contribution < 1.29 is 8.42 Å². The Hall–Kier alpha value is -0.870. The minimum Gasteiger partial charge on any atom is -0.370 e. The van der Waals surface area contributed by atoms with Crippen LogP contribution in [0, 0.1) is 0 Å². The van der Waals surface area contributed by atoms with E-state index in [1.54, 1.807) is 24.3 Å². The summed E-state index contributed by atoms with van der Waals surface area (Å²) in [5.41, 5.74) is 6.88. The van der Waals surface area contributed by atoms with Gasteiger partial charge in [0.1, 0.15) is 0 Å². The second-order valence-corrected chi connectivity index (χ2v) is 7.77. The Labute approximate surface area is 161 Å². The molecule has 0 bridgehead atoms. The number of halogens is 1. The van der Waals surface area contributed by atoms with Crippen molar-refractivity contribution in [2.45, 2.75) is 56.0 Å². The van der Waals surface area contributed by atoms with Crippen LogP contribution in [0.4, 0.5) is 0 Å². The molecule has 1 fully saturated rings. The van der Waals surface area contributed by atoms with E-state index in [0.717, 1.165) is 18.4 Å². The van der Waals surface area contributed by atoms with Gasteiger partial charge in [0.25, 0.3) is 0 Å². The van der Waals surface area contributed by atoms with Gasteiger partial charge in [0.15, 0.2) is 5.96 Å². The number of benzene rings is 1. The Morgan fingerprint density at radius 1 is 1.17 bits per heavy atom. The van der Waals surface area contributed by atoms with Crippen molar-refractivity contribution in [1.29, 1.82) is 0 Å². The highest BCUT2D eigenvalue weighted by atomic mass is 127. The summed E-state index contributed by atoms with van der Waals surface area (Å²) in [5.74, 6) is 0.462. The van der Waals surface area contributed by atoms with E-state index in [0.29, 0.717) is 18.5 Å². The number of nitrogens with zero attached hydrogens (tertiary/aromatic N) is 1. The molecule has 1 aromatic rings. The van der Waals surface area contributed by atoms with E-state index in [9.17, 15) is 8.42 Å². The van der Waals surface area contributed by atoms with Crippen LogP contribution in [0.2, 0.25) is 0 Å². The smallest absolute Gasteiger partial charge is 0.240 e. The van der Waals surface area contributed by atoms with E-state index in [1.165, 1.54) is 32.7 Å². The Bertz CT molecular complexity index is 624. The van der Waals surface area contributed by atoms with Crippen molar-refractivity contribution in [3.8, 4) is 0 Å². The highest BCUT2D eigenvalue weighted by molar-refractivity contribution is 14.0. The van der Waals surface area contributed by atoms with Crippen LogP contribution in [0.3, 0.4) is 0 Å². The van der Waals surface area contributed by atoms with Crippen LogP contribution in [0.5, 0.6) is 0 Å². The third-order valence-corrected chi connectivity index (χ3v) is 5.57. The van der Waals surface area contributed by atoms with Crippen LogP contribution in [0.25, 0.3) is 0 Å². The minimum absolute atomic E-state index is 0. The molecule has 1 saturated carbocycles. The largest absolute Gasteiger partial charge is 0.370 e. The molecule has 0 spiro atoms. The summed E-state index contributed by atoms with van der Waals surface area (Å²) in [6.07, 6.45) is 7.38. The van der Waals surface area contributed by atoms with Gasteiger partial charge in [0, 0.05) is 6.04 Å². The topological polar surface area (TPSA) is 96.6 Å². The summed E-state index contributed by atoms with van der Waals surface area (Å²) < 4.78 is 25.6. The van der Waals surface area contributed by atoms with Gasteiger partial charge in [-0.15, -0.1) is 24.0 Å². The standard InChI is InChI=1S/C16H26N4O2S.HI/c1-18-23(21,22)15-10-8-13(9-11-15)12-19-16(17)20-14-6-4-2-3-5-7-14;/h8-11,14,18H,2-7,12H2,1H3,(H3,17,19,20);1H. The fraction of sp³-hybridized carbons (Fsp3) is 0.562. The molecule has 0 heterocycles. The fourth-order valence-corrected chi connectivity index (χ4v) is 3.48. The number of guanidine groups is 1. The molecule has 6 nitrogen and oxygen atoms in total. The average molecular weight is 466 g/mol. The van der Waals surface area contributed by atoms with Crippen molar-refractivity contribution in [3.05, 3.63) is 29.8 Å². The number of hydrogen-bond acceptors (Lipinski definition) is 3. The molecular weight excluding hydrogens is 439 g/mol. The molecule has 1 aliphatic carbocycles. The highest BCUT2D eigenvalue weighted by Gasteiger charge is 2.12. The zero-order valence-electron chi connectivity index (χ0n) is 14.0. The van der Waals surface area contributed by atoms with E-state index in [-0.39, 0.29) is 28.9 Å². The second kappa shape index (κ2) is 10.2. The molecule has 0 saturated heterocycles. The zero-order chi connectivity index (χ0) is 16.7. The summed E-state index contributed by atoms with van der Waals surface area (Å²) in [7, 11) is -2.00. The van der Waals surface area contributed by atoms with Crippen LogP contribution >= 0.6 is 24.0 Å². The predicted octanol–water partition coefficient (Wildman–Crippen LogP) is 2.34. The average Bonchev–Trinajstić information content (AvgIpc) is 2.82. The number of sulfonamides is 1. The summed E-state index contributed by atoms with van der Waals surface area (Å²) in [6, 6.07) is 7.08. The maximum Gasteiger partial charge on any atom is 0.240 e. The molecule has 0 aliphatic heterocycles. The lowest BCUT2D eigenvalue weighted by Crippen LogP contribution is -2.39. The first-order valence-electron chi connectivity index (χ1n) is 8.10. The van der Waals surface area contributed by atoms with Gasteiger partial charge in [-0.1, -0.05) is 37.8 Å². The Morgan fingerprint density at radius 3 is 2.29 bits per heavy atom. The lowest BCUT2D eigenvalue weighted by atomic mass is 10.1. The predicted molar refractivity (Wildman–Crippen MR) is 108 cm³/mol. The normalized spacial score (nSPS) is 17.0. The van der Waals surface area contributed by atoms with Crippen molar-refractivity contribution in [2.75, 3.05) is 7.05 Å². The van der Waals surface area contributed by atoms with E-state index in [4.69, 9.17) is 5.73 Å². The molecule has 0 radical (unpaired) electrons. The van der Waals surface area contributed by atoms with Gasteiger partial charge in [0.05, 0.1) is 11.4 Å². The van der Waals surface area contributed by atoms with Crippen LogP contribution < -0.4 is 15.8 Å². The SMILES string of the molecule is CNS(=O)(=O)c1ccc(CN=C(N)NC2CCCCCC2)cc1.I. The molecular formula is C16H27IN4O2S. The number of nitrogens with one attached hydrogen (secondary N) is 2. The molecule has 0 aromatic heterocycles. The first kappa shape index (κ1) is 21.2. The van der Waals surface area contributed by atoms with Crippen molar-refractivity contribution in [2.24, 2.45) is 10.7 Å². The number of hydrogen-bond donors (Lipinski definition) is 3. The maximum absolute atomic E-state index is 11.7. The molecule has 1 aliphatic rings. The first-order valence-corrected chi connectivity index (χ1v) is 9.58. The van der Waals surface area contributed by atoms with E-state index < -0.39 is 10.0 Å². The minimum atomic E-state index is -3.39. The summed E-state index contributed by atoms with van der Waals surface area (Å²) in [6.45, 7) is 0.436. The Kier molecular flexibility index (Phi) is 8.99. The second-order valence-electron chi connectivity index (χ2n) is 5.89. The Balaban J connectivity index is 0.00000288. The highest BCUT2D eigenvalue weighted by Crippen LogP contribution is 2.17. The zero-order valence-corrected chi connectivity index (χ0v) is 17.1. The van der Waals surface area contributed by atoms with Crippen LogP contribution in [0.1, 0.15) is 44.1 Å². The number of nitrogens with two attached hydrogens (primary N) is 1. The summed E-state index contributed by atoms with van der Waals surface area (Å²) >= 11 is 0. The lowest BCUT2D eigenvalue weighted by Gasteiger charge is -2.16. The number of rotatable bonds is 5. The molecule has 8 heteroatoms. The molecule has 0 amide bonds. The van der Waals surface area contributed by atoms with Crippen molar-refractivity contribution >= 4 is 40.0 Å².